The third kappa shape index (κ3) is 4.87. The van der Waals surface area contributed by atoms with Crippen LogP contribution in [-0.2, 0) is 4.79 Å². The van der Waals surface area contributed by atoms with Gasteiger partial charge >= 0.3 is 0 Å². The van der Waals surface area contributed by atoms with Crippen molar-refractivity contribution in [1.29, 1.82) is 0 Å². The molecule has 0 aliphatic heterocycles. The minimum absolute atomic E-state index is 0.0437. The van der Waals surface area contributed by atoms with E-state index in [1.807, 2.05) is 6.92 Å². The van der Waals surface area contributed by atoms with Crippen LogP contribution in [0.25, 0.3) is 0 Å². The van der Waals surface area contributed by atoms with Gasteiger partial charge in [0.2, 0.25) is 5.91 Å². The van der Waals surface area contributed by atoms with Gasteiger partial charge in [0.05, 0.1) is 12.1 Å². The zero-order valence-corrected chi connectivity index (χ0v) is 13.4. The molecule has 104 valence electrons. The number of carbonyl (C=O) groups is 2. The van der Waals surface area contributed by atoms with Gasteiger partial charge in [-0.05, 0) is 40.5 Å². The van der Waals surface area contributed by atoms with E-state index in [9.17, 15) is 9.59 Å². The number of rotatable bonds is 5. The maximum Gasteiger partial charge on any atom is 0.255 e. The zero-order chi connectivity index (χ0) is 14.4. The largest absolute Gasteiger partial charge is 0.355 e. The summed E-state index contributed by atoms with van der Waals surface area (Å²) in [6.07, 6.45) is 0.872. The zero-order valence-electron chi connectivity index (χ0n) is 10.9. The highest BCUT2D eigenvalue weighted by Crippen LogP contribution is 2.21. The molecule has 0 aliphatic carbocycles. The molecule has 1 aromatic carbocycles. The van der Waals surface area contributed by atoms with E-state index in [0.717, 1.165) is 6.42 Å². The lowest BCUT2D eigenvalue weighted by Crippen LogP contribution is -2.38. The molecule has 0 radical (unpaired) electrons. The quantitative estimate of drug-likeness (QED) is 0.805. The van der Waals surface area contributed by atoms with Crippen molar-refractivity contribution in [3.8, 4) is 0 Å². The summed E-state index contributed by atoms with van der Waals surface area (Å²) in [5, 5.41) is 2.74. The van der Waals surface area contributed by atoms with E-state index >= 15 is 0 Å². The van der Waals surface area contributed by atoms with Crippen LogP contribution >= 0.6 is 28.6 Å². The van der Waals surface area contributed by atoms with Crippen molar-refractivity contribution in [3.63, 3.8) is 0 Å². The Morgan fingerprint density at radius 2 is 2.11 bits per heavy atom. The van der Waals surface area contributed by atoms with Crippen LogP contribution in [0.4, 0.5) is 0 Å². The highest BCUT2D eigenvalue weighted by molar-refractivity contribution is 9.10. The third-order valence-corrected chi connectivity index (χ3v) is 3.45. The molecule has 0 aromatic heterocycles. The molecule has 1 N–H and O–H groups in total. The van der Waals surface area contributed by atoms with Gasteiger partial charge in [0, 0.05) is 23.0 Å². The number of halogens is 1. The molecule has 2 amide bonds. The maximum atomic E-state index is 12.2. The molecule has 0 aliphatic rings. The molecule has 6 heteroatoms. The summed E-state index contributed by atoms with van der Waals surface area (Å²) in [5.74, 6) is -0.370. The number of thiol groups is 1. The number of hydrogen-bond donors (Lipinski definition) is 2. The van der Waals surface area contributed by atoms with Gasteiger partial charge in [-0.2, -0.15) is 0 Å². The maximum absolute atomic E-state index is 12.2. The van der Waals surface area contributed by atoms with E-state index in [-0.39, 0.29) is 18.4 Å². The lowest BCUT2D eigenvalue weighted by Gasteiger charge is -2.17. The van der Waals surface area contributed by atoms with Crippen LogP contribution in [0.15, 0.2) is 27.6 Å². The number of carbonyl (C=O) groups excluding carboxylic acids is 2. The smallest absolute Gasteiger partial charge is 0.255 e. The van der Waals surface area contributed by atoms with Gasteiger partial charge in [0.25, 0.3) is 5.91 Å². The number of benzene rings is 1. The summed E-state index contributed by atoms with van der Waals surface area (Å²) in [6, 6.07) is 5.23. The summed E-state index contributed by atoms with van der Waals surface area (Å²) in [6.45, 7) is 2.64. The van der Waals surface area contributed by atoms with Crippen molar-refractivity contribution in [2.75, 3.05) is 20.1 Å². The van der Waals surface area contributed by atoms with E-state index in [0.29, 0.717) is 21.5 Å². The Labute approximate surface area is 127 Å². The molecular formula is C13H17BrN2O2S. The van der Waals surface area contributed by atoms with Gasteiger partial charge in [-0.1, -0.05) is 6.92 Å². The lowest BCUT2D eigenvalue weighted by atomic mass is 10.2. The second kappa shape index (κ2) is 7.55. The monoisotopic (exact) mass is 344 g/mol. The SMILES string of the molecule is CCCNC(=O)CN(C)C(=O)c1cc(S)ccc1Br. The van der Waals surface area contributed by atoms with Crippen molar-refractivity contribution in [3.05, 3.63) is 28.2 Å². The molecule has 0 saturated heterocycles. The lowest BCUT2D eigenvalue weighted by molar-refractivity contribution is -0.121. The van der Waals surface area contributed by atoms with Crippen LogP contribution in [0.3, 0.4) is 0 Å². The predicted octanol–water partition coefficient (Wildman–Crippen LogP) is 2.34. The van der Waals surface area contributed by atoms with Crippen LogP contribution in [0.5, 0.6) is 0 Å². The molecule has 0 spiro atoms. The predicted molar refractivity (Wildman–Crippen MR) is 81.7 cm³/mol. The fourth-order valence-corrected chi connectivity index (χ4v) is 2.11. The van der Waals surface area contributed by atoms with E-state index < -0.39 is 0 Å². The molecule has 0 fully saturated rings. The molecule has 19 heavy (non-hydrogen) atoms. The summed E-state index contributed by atoms with van der Waals surface area (Å²) in [7, 11) is 1.60. The molecule has 0 heterocycles. The number of amides is 2. The van der Waals surface area contributed by atoms with Crippen molar-refractivity contribution < 1.29 is 9.59 Å². The molecule has 1 aromatic rings. The number of likely N-dealkylation sites (N-methyl/N-ethyl adjacent to an activating group) is 1. The van der Waals surface area contributed by atoms with Gasteiger partial charge in [-0.3, -0.25) is 9.59 Å². The number of nitrogens with one attached hydrogen (secondary N) is 1. The molecule has 0 bridgehead atoms. The average molecular weight is 345 g/mol. The van der Waals surface area contributed by atoms with Gasteiger partial charge in [0.1, 0.15) is 0 Å². The van der Waals surface area contributed by atoms with E-state index in [1.54, 1.807) is 25.2 Å². The summed E-state index contributed by atoms with van der Waals surface area (Å²) >= 11 is 7.54. The van der Waals surface area contributed by atoms with Gasteiger partial charge in [0.15, 0.2) is 0 Å². The fraction of sp³-hybridized carbons (Fsp3) is 0.385. The minimum Gasteiger partial charge on any atom is -0.355 e. The Kier molecular flexibility index (Phi) is 6.37. The van der Waals surface area contributed by atoms with Crippen molar-refractivity contribution >= 4 is 40.4 Å². The molecule has 0 saturated carbocycles. The molecule has 4 nitrogen and oxygen atoms in total. The highest BCUT2D eigenvalue weighted by Gasteiger charge is 2.17. The molecule has 1 rings (SSSR count). The first-order valence-electron chi connectivity index (χ1n) is 5.96. The Bertz CT molecular complexity index is 480. The van der Waals surface area contributed by atoms with Crippen molar-refractivity contribution in [2.24, 2.45) is 0 Å². The topological polar surface area (TPSA) is 49.4 Å². The molecular weight excluding hydrogens is 328 g/mol. The number of hydrogen-bond acceptors (Lipinski definition) is 3. The Morgan fingerprint density at radius 1 is 1.42 bits per heavy atom. The first kappa shape index (κ1) is 16.0. The van der Waals surface area contributed by atoms with Crippen LogP contribution in [0, 0.1) is 0 Å². The molecule has 0 unspecified atom stereocenters. The van der Waals surface area contributed by atoms with Gasteiger partial charge in [-0.25, -0.2) is 0 Å². The molecule has 0 atom stereocenters. The van der Waals surface area contributed by atoms with Crippen LogP contribution in [0.2, 0.25) is 0 Å². The van der Waals surface area contributed by atoms with Crippen LogP contribution in [-0.4, -0.2) is 36.9 Å². The first-order valence-corrected chi connectivity index (χ1v) is 7.20. The second-order valence-corrected chi connectivity index (χ2v) is 5.55. The minimum atomic E-state index is -0.213. The Morgan fingerprint density at radius 3 is 2.74 bits per heavy atom. The van der Waals surface area contributed by atoms with Crippen molar-refractivity contribution in [1.82, 2.24) is 10.2 Å². The van der Waals surface area contributed by atoms with Gasteiger partial charge in [-0.15, -0.1) is 12.6 Å². The normalized spacial score (nSPS) is 10.1. The first-order chi connectivity index (χ1) is 8.95. The Balaban J connectivity index is 2.71. The Hall–Kier alpha value is -1.01. The third-order valence-electron chi connectivity index (χ3n) is 2.48. The van der Waals surface area contributed by atoms with E-state index in [2.05, 4.69) is 33.9 Å². The fourth-order valence-electron chi connectivity index (χ4n) is 1.49. The van der Waals surface area contributed by atoms with E-state index in [1.165, 1.54) is 4.90 Å². The van der Waals surface area contributed by atoms with Gasteiger partial charge < -0.3 is 10.2 Å². The van der Waals surface area contributed by atoms with Crippen LogP contribution in [0.1, 0.15) is 23.7 Å². The van der Waals surface area contributed by atoms with E-state index in [4.69, 9.17) is 0 Å². The highest BCUT2D eigenvalue weighted by atomic mass is 79.9. The number of nitrogens with zero attached hydrogens (tertiary/aromatic N) is 1. The van der Waals surface area contributed by atoms with Crippen molar-refractivity contribution in [2.45, 2.75) is 18.2 Å². The standard InChI is InChI=1S/C13H17BrN2O2S/c1-3-6-15-12(17)8-16(2)13(18)10-7-9(19)4-5-11(10)14/h4-5,7,19H,3,6,8H2,1-2H3,(H,15,17). The second-order valence-electron chi connectivity index (χ2n) is 4.18. The van der Waals surface area contributed by atoms with Crippen LogP contribution < -0.4 is 5.32 Å². The summed E-state index contributed by atoms with van der Waals surface area (Å²) in [4.78, 5) is 25.9. The average Bonchev–Trinajstić information content (AvgIpc) is 2.38. The summed E-state index contributed by atoms with van der Waals surface area (Å²) in [5.41, 5.74) is 0.498. The summed E-state index contributed by atoms with van der Waals surface area (Å²) < 4.78 is 0.691.